The minimum Gasteiger partial charge on any atom is -0.325 e. The van der Waals surface area contributed by atoms with Crippen molar-refractivity contribution in [1.29, 1.82) is 0 Å². The second-order valence-corrected chi connectivity index (χ2v) is 10.1. The maximum absolute atomic E-state index is 12.9. The van der Waals surface area contributed by atoms with Crippen molar-refractivity contribution in [2.24, 2.45) is 14.1 Å². The molecule has 0 aliphatic rings. The van der Waals surface area contributed by atoms with Crippen LogP contribution in [-0.2, 0) is 42.0 Å². The number of anilines is 1. The summed E-state index contributed by atoms with van der Waals surface area (Å²) in [5.41, 5.74) is 0.505. The number of fused-ring (bicyclic) bond motifs is 1. The normalized spacial score (nSPS) is 11.8. The Kier molecular flexibility index (Phi) is 6.41. The molecule has 35 heavy (non-hydrogen) atoms. The SMILES string of the molecule is CN(Cc1ccccc1)S(=O)(=O)c1ccc(NC(=O)Cn2cnc3c2c(=O)n(C)c(=O)n3C)cc1. The van der Waals surface area contributed by atoms with Crippen LogP contribution in [-0.4, -0.2) is 44.4 Å². The number of benzene rings is 2. The summed E-state index contributed by atoms with van der Waals surface area (Å²) in [6, 6.07) is 15.1. The van der Waals surface area contributed by atoms with E-state index in [2.05, 4.69) is 10.3 Å². The fourth-order valence-corrected chi connectivity index (χ4v) is 4.85. The highest BCUT2D eigenvalue weighted by molar-refractivity contribution is 7.89. The lowest BCUT2D eigenvalue weighted by atomic mass is 10.2. The molecule has 4 aromatic rings. The number of carbonyl (C=O) groups is 1. The molecule has 0 spiro atoms. The van der Waals surface area contributed by atoms with Gasteiger partial charge in [0.1, 0.15) is 6.54 Å². The molecule has 0 aliphatic heterocycles. The van der Waals surface area contributed by atoms with Crippen LogP contribution in [0.1, 0.15) is 5.56 Å². The summed E-state index contributed by atoms with van der Waals surface area (Å²) in [7, 11) is 0.637. The zero-order valence-electron chi connectivity index (χ0n) is 19.4. The maximum atomic E-state index is 12.9. The molecular formula is C23H24N6O5S. The van der Waals surface area contributed by atoms with Gasteiger partial charge in [0.2, 0.25) is 15.9 Å². The molecule has 0 unspecified atom stereocenters. The first kappa shape index (κ1) is 24.1. The predicted molar refractivity (Wildman–Crippen MR) is 130 cm³/mol. The molecule has 1 amide bonds. The van der Waals surface area contributed by atoms with Crippen molar-refractivity contribution in [2.45, 2.75) is 18.0 Å². The molecule has 2 aromatic heterocycles. The Hall–Kier alpha value is -4.03. The number of rotatable bonds is 7. The highest BCUT2D eigenvalue weighted by atomic mass is 32.2. The van der Waals surface area contributed by atoms with Gasteiger partial charge in [0, 0.05) is 33.4 Å². The van der Waals surface area contributed by atoms with Crippen LogP contribution in [0.5, 0.6) is 0 Å². The zero-order valence-corrected chi connectivity index (χ0v) is 20.2. The summed E-state index contributed by atoms with van der Waals surface area (Å²) < 4.78 is 30.6. The fraction of sp³-hybridized carbons (Fsp3) is 0.217. The van der Waals surface area contributed by atoms with E-state index in [4.69, 9.17) is 0 Å². The van der Waals surface area contributed by atoms with Gasteiger partial charge in [-0.3, -0.25) is 18.7 Å². The Morgan fingerprint density at radius 2 is 1.66 bits per heavy atom. The molecule has 2 aromatic carbocycles. The number of aromatic nitrogens is 4. The summed E-state index contributed by atoms with van der Waals surface area (Å²) in [4.78, 5) is 41.4. The van der Waals surface area contributed by atoms with E-state index in [1.54, 1.807) is 0 Å². The quantitative estimate of drug-likeness (QED) is 0.405. The summed E-state index contributed by atoms with van der Waals surface area (Å²) in [6.07, 6.45) is 1.32. The standard InChI is InChI=1S/C23H24N6O5S/c1-26(13-16-7-5-4-6-8-16)35(33,34)18-11-9-17(10-12-18)25-19(30)14-29-15-24-21-20(29)22(31)28(3)23(32)27(21)2/h4-12,15H,13-14H2,1-3H3,(H,25,30). The van der Waals surface area contributed by atoms with Crippen LogP contribution in [0.4, 0.5) is 5.69 Å². The van der Waals surface area contributed by atoms with Gasteiger partial charge in [0.15, 0.2) is 11.2 Å². The lowest BCUT2D eigenvalue weighted by molar-refractivity contribution is -0.116. The molecule has 0 atom stereocenters. The molecule has 1 N–H and O–H groups in total. The number of hydrogen-bond donors (Lipinski definition) is 1. The van der Waals surface area contributed by atoms with E-state index in [0.29, 0.717) is 5.69 Å². The van der Waals surface area contributed by atoms with Crippen LogP contribution < -0.4 is 16.6 Å². The predicted octanol–water partition coefficient (Wildman–Crippen LogP) is 0.893. The van der Waals surface area contributed by atoms with Crippen molar-refractivity contribution in [3.05, 3.63) is 87.3 Å². The van der Waals surface area contributed by atoms with Gasteiger partial charge in [-0.25, -0.2) is 18.2 Å². The van der Waals surface area contributed by atoms with E-state index in [1.807, 2.05) is 30.3 Å². The lowest BCUT2D eigenvalue weighted by Crippen LogP contribution is -2.37. The van der Waals surface area contributed by atoms with Crippen LogP contribution in [0.2, 0.25) is 0 Å². The summed E-state index contributed by atoms with van der Waals surface area (Å²) in [6.45, 7) is 0.00932. The van der Waals surface area contributed by atoms with Gasteiger partial charge < -0.3 is 9.88 Å². The average molecular weight is 497 g/mol. The van der Waals surface area contributed by atoms with Crippen LogP contribution >= 0.6 is 0 Å². The Labute approximate surface area is 200 Å². The monoisotopic (exact) mass is 496 g/mol. The van der Waals surface area contributed by atoms with Gasteiger partial charge in [-0.15, -0.1) is 0 Å². The molecule has 12 heteroatoms. The van der Waals surface area contributed by atoms with E-state index < -0.39 is 27.2 Å². The van der Waals surface area contributed by atoms with Gasteiger partial charge in [-0.1, -0.05) is 30.3 Å². The third-order valence-corrected chi connectivity index (χ3v) is 7.44. The fourth-order valence-electron chi connectivity index (χ4n) is 3.69. The van der Waals surface area contributed by atoms with Crippen molar-refractivity contribution in [1.82, 2.24) is 23.0 Å². The number of hydrogen-bond acceptors (Lipinski definition) is 6. The van der Waals surface area contributed by atoms with Crippen LogP contribution in [0.3, 0.4) is 0 Å². The van der Waals surface area contributed by atoms with Crippen molar-refractivity contribution in [3.8, 4) is 0 Å². The molecule has 0 bridgehead atoms. The third-order valence-electron chi connectivity index (χ3n) is 5.63. The number of aryl methyl sites for hydroxylation is 1. The first-order valence-corrected chi connectivity index (χ1v) is 12.0. The van der Waals surface area contributed by atoms with Gasteiger partial charge in [-0.05, 0) is 29.8 Å². The highest BCUT2D eigenvalue weighted by Gasteiger charge is 2.21. The highest BCUT2D eigenvalue weighted by Crippen LogP contribution is 2.19. The van der Waals surface area contributed by atoms with Crippen LogP contribution in [0.25, 0.3) is 11.2 Å². The lowest BCUT2D eigenvalue weighted by Gasteiger charge is -2.17. The molecule has 0 fully saturated rings. The Morgan fingerprint density at radius 1 is 1.00 bits per heavy atom. The second-order valence-electron chi connectivity index (χ2n) is 8.07. The largest absolute Gasteiger partial charge is 0.332 e. The Morgan fingerprint density at radius 3 is 2.31 bits per heavy atom. The number of sulfonamides is 1. The first-order chi connectivity index (χ1) is 16.6. The topological polar surface area (TPSA) is 128 Å². The molecule has 4 rings (SSSR count). The molecular weight excluding hydrogens is 472 g/mol. The number of nitrogens with zero attached hydrogens (tertiary/aromatic N) is 5. The first-order valence-electron chi connectivity index (χ1n) is 10.6. The number of amides is 1. The molecule has 0 saturated carbocycles. The van der Waals surface area contributed by atoms with Gasteiger partial charge in [0.05, 0.1) is 11.2 Å². The summed E-state index contributed by atoms with van der Waals surface area (Å²) >= 11 is 0. The Bertz CT molecular complexity index is 1620. The van der Waals surface area contributed by atoms with Crippen molar-refractivity contribution in [3.63, 3.8) is 0 Å². The van der Waals surface area contributed by atoms with Crippen molar-refractivity contribution < 1.29 is 13.2 Å². The molecule has 2 heterocycles. The van der Waals surface area contributed by atoms with Crippen LogP contribution in [0, 0.1) is 0 Å². The van der Waals surface area contributed by atoms with Gasteiger partial charge in [-0.2, -0.15) is 4.31 Å². The number of imidazole rings is 1. The average Bonchev–Trinajstić information content (AvgIpc) is 3.25. The number of nitrogens with one attached hydrogen (secondary N) is 1. The van der Waals surface area contributed by atoms with E-state index >= 15 is 0 Å². The van der Waals surface area contributed by atoms with E-state index in [9.17, 15) is 22.8 Å². The zero-order chi connectivity index (χ0) is 25.3. The summed E-state index contributed by atoms with van der Waals surface area (Å²) in [5, 5.41) is 2.68. The van der Waals surface area contributed by atoms with Crippen LogP contribution in [0.15, 0.2) is 75.4 Å². The molecule has 0 radical (unpaired) electrons. The smallest absolute Gasteiger partial charge is 0.325 e. The van der Waals surface area contributed by atoms with E-state index in [1.165, 1.54) is 65.2 Å². The number of carbonyl (C=O) groups excluding carboxylic acids is 1. The minimum absolute atomic E-state index is 0.0962. The molecule has 182 valence electrons. The van der Waals surface area contributed by atoms with Gasteiger partial charge >= 0.3 is 5.69 Å². The minimum atomic E-state index is -3.72. The second kappa shape index (κ2) is 9.31. The maximum Gasteiger partial charge on any atom is 0.332 e. The van der Waals surface area contributed by atoms with E-state index in [0.717, 1.165) is 10.1 Å². The molecule has 11 nitrogen and oxygen atoms in total. The van der Waals surface area contributed by atoms with Crippen molar-refractivity contribution in [2.75, 3.05) is 12.4 Å². The molecule has 0 saturated heterocycles. The van der Waals surface area contributed by atoms with Crippen molar-refractivity contribution >= 4 is 32.8 Å². The van der Waals surface area contributed by atoms with E-state index in [-0.39, 0.29) is 29.1 Å². The summed E-state index contributed by atoms with van der Waals surface area (Å²) in [5.74, 6) is -0.447. The third kappa shape index (κ3) is 4.66. The van der Waals surface area contributed by atoms with Gasteiger partial charge in [0.25, 0.3) is 5.56 Å². The molecule has 0 aliphatic carbocycles. The Balaban J connectivity index is 1.48.